The Hall–Kier alpha value is -3.54. The first-order chi connectivity index (χ1) is 11.8. The van der Waals surface area contributed by atoms with E-state index >= 15 is 0 Å². The van der Waals surface area contributed by atoms with Crippen molar-refractivity contribution in [2.45, 2.75) is 0 Å². The van der Waals surface area contributed by atoms with E-state index in [1.54, 1.807) is 24.8 Å². The molecule has 24 heavy (non-hydrogen) atoms. The predicted octanol–water partition coefficient (Wildman–Crippen LogP) is 3.18. The number of hydrogen-bond acceptors (Lipinski definition) is 5. The number of anilines is 1. The van der Waals surface area contributed by atoms with E-state index in [-0.39, 0.29) is 5.95 Å². The van der Waals surface area contributed by atoms with Crippen LogP contribution in [0.15, 0.2) is 67.3 Å². The van der Waals surface area contributed by atoms with E-state index < -0.39 is 0 Å². The van der Waals surface area contributed by atoms with Crippen LogP contribution in [0.25, 0.3) is 33.9 Å². The van der Waals surface area contributed by atoms with Gasteiger partial charge in [-0.25, -0.2) is 15.0 Å². The maximum absolute atomic E-state index is 5.59. The molecule has 0 amide bonds. The zero-order valence-corrected chi connectivity index (χ0v) is 12.7. The molecule has 3 aromatic heterocycles. The fraction of sp³-hybridized carbons (Fsp3) is 0. The SMILES string of the molecule is Nc1ncc(-c2[nH]c(-c3ccccc3)nc2-c2ccncc2)cn1. The molecule has 6 nitrogen and oxygen atoms in total. The topological polar surface area (TPSA) is 93.4 Å². The molecule has 3 N–H and O–H groups in total. The van der Waals surface area contributed by atoms with E-state index in [2.05, 4.69) is 19.9 Å². The number of nitrogens with one attached hydrogen (secondary N) is 1. The molecule has 0 saturated heterocycles. The maximum atomic E-state index is 5.59. The van der Waals surface area contributed by atoms with Crippen molar-refractivity contribution < 1.29 is 0 Å². The zero-order chi connectivity index (χ0) is 16.4. The Morgan fingerprint density at radius 3 is 2.21 bits per heavy atom. The molecule has 0 fully saturated rings. The molecule has 0 aliphatic rings. The summed E-state index contributed by atoms with van der Waals surface area (Å²) in [5.74, 6) is 1.03. The second-order valence-corrected chi connectivity index (χ2v) is 5.24. The fourth-order valence-electron chi connectivity index (χ4n) is 2.50. The molecule has 0 spiro atoms. The van der Waals surface area contributed by atoms with Gasteiger partial charge in [0.15, 0.2) is 0 Å². The van der Waals surface area contributed by atoms with Crippen LogP contribution >= 0.6 is 0 Å². The number of nitrogens with two attached hydrogens (primary N) is 1. The van der Waals surface area contributed by atoms with Gasteiger partial charge in [0.2, 0.25) is 5.95 Å². The van der Waals surface area contributed by atoms with Crippen molar-refractivity contribution in [3.05, 3.63) is 67.3 Å². The van der Waals surface area contributed by atoms with E-state index in [0.717, 1.165) is 33.9 Å². The molecule has 0 aliphatic carbocycles. The third-order valence-corrected chi connectivity index (χ3v) is 3.67. The minimum atomic E-state index is 0.243. The number of H-pyrrole nitrogens is 1. The van der Waals surface area contributed by atoms with Crippen LogP contribution in [0.4, 0.5) is 5.95 Å². The van der Waals surface area contributed by atoms with Crippen LogP contribution < -0.4 is 5.73 Å². The summed E-state index contributed by atoms with van der Waals surface area (Å²) in [6, 6.07) is 13.8. The van der Waals surface area contributed by atoms with E-state index in [0.29, 0.717) is 0 Å². The summed E-state index contributed by atoms with van der Waals surface area (Å²) in [5.41, 5.74) is 10.1. The van der Waals surface area contributed by atoms with Gasteiger partial charge in [-0.3, -0.25) is 4.98 Å². The largest absolute Gasteiger partial charge is 0.368 e. The average molecular weight is 314 g/mol. The molecule has 0 unspecified atom stereocenters. The number of pyridine rings is 1. The third kappa shape index (κ3) is 2.61. The highest BCUT2D eigenvalue weighted by atomic mass is 15.0. The fourth-order valence-corrected chi connectivity index (χ4v) is 2.50. The number of rotatable bonds is 3. The second-order valence-electron chi connectivity index (χ2n) is 5.24. The molecule has 1 aromatic carbocycles. The lowest BCUT2D eigenvalue weighted by molar-refractivity contribution is 1.18. The number of hydrogen-bond donors (Lipinski definition) is 2. The monoisotopic (exact) mass is 314 g/mol. The normalized spacial score (nSPS) is 10.7. The minimum Gasteiger partial charge on any atom is -0.368 e. The number of aromatic amines is 1. The van der Waals surface area contributed by atoms with Crippen molar-refractivity contribution in [1.82, 2.24) is 24.9 Å². The molecule has 0 bridgehead atoms. The van der Waals surface area contributed by atoms with Gasteiger partial charge in [-0.05, 0) is 12.1 Å². The third-order valence-electron chi connectivity index (χ3n) is 3.67. The molecular formula is C18H14N6. The molecule has 0 atom stereocenters. The minimum absolute atomic E-state index is 0.243. The van der Waals surface area contributed by atoms with Crippen LogP contribution in [-0.2, 0) is 0 Å². The number of nitrogens with zero attached hydrogens (tertiary/aromatic N) is 4. The quantitative estimate of drug-likeness (QED) is 0.606. The van der Waals surface area contributed by atoms with Crippen LogP contribution in [0.1, 0.15) is 0 Å². The summed E-state index contributed by atoms with van der Waals surface area (Å²) in [6.45, 7) is 0. The first-order valence-electron chi connectivity index (χ1n) is 7.45. The van der Waals surface area contributed by atoms with Gasteiger partial charge < -0.3 is 10.7 Å². The second kappa shape index (κ2) is 5.92. The lowest BCUT2D eigenvalue weighted by Crippen LogP contribution is -1.94. The number of imidazole rings is 1. The van der Waals surface area contributed by atoms with E-state index in [9.17, 15) is 0 Å². The number of nitrogen functional groups attached to an aromatic ring is 1. The van der Waals surface area contributed by atoms with Gasteiger partial charge in [-0.2, -0.15) is 0 Å². The number of benzene rings is 1. The Labute approximate surface area is 138 Å². The van der Waals surface area contributed by atoms with Crippen molar-refractivity contribution in [2.75, 3.05) is 5.73 Å². The summed E-state index contributed by atoms with van der Waals surface area (Å²) in [4.78, 5) is 20.4. The number of aromatic nitrogens is 5. The Balaban J connectivity index is 1.90. The van der Waals surface area contributed by atoms with Gasteiger partial charge in [0.05, 0.1) is 11.4 Å². The predicted molar refractivity (Wildman–Crippen MR) is 92.7 cm³/mol. The molecule has 4 aromatic rings. The summed E-state index contributed by atoms with van der Waals surface area (Å²) in [7, 11) is 0. The Bertz CT molecular complexity index is 946. The van der Waals surface area contributed by atoms with Crippen molar-refractivity contribution in [1.29, 1.82) is 0 Å². The van der Waals surface area contributed by atoms with Crippen molar-refractivity contribution in [2.24, 2.45) is 0 Å². The highest BCUT2D eigenvalue weighted by molar-refractivity contribution is 5.80. The molecule has 4 rings (SSSR count). The van der Waals surface area contributed by atoms with Gasteiger partial charge in [0, 0.05) is 41.5 Å². The van der Waals surface area contributed by atoms with Crippen LogP contribution in [0.3, 0.4) is 0 Å². The van der Waals surface area contributed by atoms with Gasteiger partial charge in [-0.15, -0.1) is 0 Å². The first-order valence-corrected chi connectivity index (χ1v) is 7.45. The van der Waals surface area contributed by atoms with E-state index in [1.165, 1.54) is 0 Å². The maximum Gasteiger partial charge on any atom is 0.219 e. The molecule has 0 saturated carbocycles. The lowest BCUT2D eigenvalue weighted by atomic mass is 10.1. The highest BCUT2D eigenvalue weighted by Gasteiger charge is 2.15. The zero-order valence-electron chi connectivity index (χ0n) is 12.7. The summed E-state index contributed by atoms with van der Waals surface area (Å²) >= 11 is 0. The average Bonchev–Trinajstić information content (AvgIpc) is 3.09. The van der Waals surface area contributed by atoms with Gasteiger partial charge in [-0.1, -0.05) is 30.3 Å². The Kier molecular flexibility index (Phi) is 3.47. The Morgan fingerprint density at radius 1 is 0.792 bits per heavy atom. The van der Waals surface area contributed by atoms with Crippen molar-refractivity contribution in [3.63, 3.8) is 0 Å². The van der Waals surface area contributed by atoms with Crippen LogP contribution in [0.2, 0.25) is 0 Å². The summed E-state index contributed by atoms with van der Waals surface area (Å²) < 4.78 is 0. The Morgan fingerprint density at radius 2 is 1.50 bits per heavy atom. The van der Waals surface area contributed by atoms with E-state index in [1.807, 2.05) is 42.5 Å². The van der Waals surface area contributed by atoms with E-state index in [4.69, 9.17) is 10.7 Å². The molecule has 116 valence electrons. The van der Waals surface area contributed by atoms with Crippen LogP contribution in [-0.4, -0.2) is 24.9 Å². The molecule has 6 heteroatoms. The summed E-state index contributed by atoms with van der Waals surface area (Å²) in [6.07, 6.45) is 6.87. The van der Waals surface area contributed by atoms with Gasteiger partial charge in [0.25, 0.3) is 0 Å². The van der Waals surface area contributed by atoms with Crippen LogP contribution in [0, 0.1) is 0 Å². The standard InChI is InChI=1S/C18H14N6/c19-18-21-10-14(11-22-18)16-15(12-6-8-20-9-7-12)23-17(24-16)13-4-2-1-3-5-13/h1-11H,(H,23,24)(H2,19,21,22). The smallest absolute Gasteiger partial charge is 0.219 e. The molecule has 3 heterocycles. The van der Waals surface area contributed by atoms with Gasteiger partial charge in [0.1, 0.15) is 5.82 Å². The first kappa shape index (κ1) is 14.1. The molecular weight excluding hydrogens is 300 g/mol. The van der Waals surface area contributed by atoms with Gasteiger partial charge >= 0.3 is 0 Å². The van der Waals surface area contributed by atoms with Crippen molar-refractivity contribution in [3.8, 4) is 33.9 Å². The molecule has 0 radical (unpaired) electrons. The highest BCUT2D eigenvalue weighted by Crippen LogP contribution is 2.32. The van der Waals surface area contributed by atoms with Crippen LogP contribution in [0.5, 0.6) is 0 Å². The summed E-state index contributed by atoms with van der Waals surface area (Å²) in [5, 5.41) is 0. The van der Waals surface area contributed by atoms with Crippen molar-refractivity contribution >= 4 is 5.95 Å². The lowest BCUT2D eigenvalue weighted by Gasteiger charge is -2.02. The molecule has 0 aliphatic heterocycles.